The average molecular weight is 411 g/mol. The summed E-state index contributed by atoms with van der Waals surface area (Å²) in [6.45, 7) is 5.94. The van der Waals surface area contributed by atoms with Gasteiger partial charge in [-0.05, 0) is 31.6 Å². The molecule has 4 N–H and O–H groups in total. The molecule has 1 heterocycles. The third kappa shape index (κ3) is 7.99. The van der Waals surface area contributed by atoms with E-state index in [2.05, 4.69) is 15.5 Å². The molecule has 1 aliphatic carbocycles. The van der Waals surface area contributed by atoms with Crippen molar-refractivity contribution in [1.82, 2.24) is 15.5 Å². The van der Waals surface area contributed by atoms with Crippen LogP contribution in [0.15, 0.2) is 0 Å². The summed E-state index contributed by atoms with van der Waals surface area (Å²) < 4.78 is 0. The molecule has 1 saturated heterocycles. The van der Waals surface area contributed by atoms with Gasteiger partial charge in [-0.15, -0.1) is 24.8 Å². The fourth-order valence-corrected chi connectivity index (χ4v) is 3.72. The molecule has 1 atom stereocenters. The van der Waals surface area contributed by atoms with E-state index in [0.29, 0.717) is 0 Å². The number of likely N-dealkylation sites (tertiary alicyclic amines) is 1. The average Bonchev–Trinajstić information content (AvgIpc) is 2.60. The van der Waals surface area contributed by atoms with Gasteiger partial charge in [0.15, 0.2) is 0 Å². The Morgan fingerprint density at radius 1 is 1.04 bits per heavy atom. The van der Waals surface area contributed by atoms with Gasteiger partial charge in [-0.1, -0.05) is 33.1 Å². The summed E-state index contributed by atoms with van der Waals surface area (Å²) >= 11 is 0. The second-order valence-electron chi connectivity index (χ2n) is 7.66. The van der Waals surface area contributed by atoms with Crippen LogP contribution < -0.4 is 16.4 Å². The van der Waals surface area contributed by atoms with E-state index in [-0.39, 0.29) is 55.1 Å². The number of carbonyl (C=O) groups excluding carboxylic acids is 2. The second-order valence-corrected chi connectivity index (χ2v) is 7.66. The zero-order chi connectivity index (χ0) is 17.5. The van der Waals surface area contributed by atoms with Crippen molar-refractivity contribution in [2.45, 2.75) is 76.9 Å². The van der Waals surface area contributed by atoms with Crippen LogP contribution >= 0.6 is 24.8 Å². The maximum atomic E-state index is 12.0. The highest BCUT2D eigenvalue weighted by atomic mass is 35.5. The van der Waals surface area contributed by atoms with E-state index < -0.39 is 6.04 Å². The minimum Gasteiger partial charge on any atom is -0.352 e. The van der Waals surface area contributed by atoms with E-state index >= 15 is 0 Å². The molecule has 8 heteroatoms. The van der Waals surface area contributed by atoms with E-state index in [9.17, 15) is 9.59 Å². The number of nitrogens with zero attached hydrogens (tertiary/aromatic N) is 1. The molecule has 2 amide bonds. The number of halogens is 2. The molecule has 2 aliphatic rings. The van der Waals surface area contributed by atoms with E-state index in [1.807, 2.05) is 13.8 Å². The number of nitrogens with one attached hydrogen (secondary N) is 2. The van der Waals surface area contributed by atoms with Crippen molar-refractivity contribution in [2.24, 2.45) is 11.7 Å². The molecule has 2 fully saturated rings. The molecule has 0 aromatic heterocycles. The minimum atomic E-state index is -0.559. The molecule has 2 rings (SSSR count). The summed E-state index contributed by atoms with van der Waals surface area (Å²) in [6, 6.07) is 0.428. The van der Waals surface area contributed by atoms with Crippen LogP contribution in [0.2, 0.25) is 0 Å². The van der Waals surface area contributed by atoms with E-state index in [4.69, 9.17) is 5.73 Å². The number of carbonyl (C=O) groups is 2. The quantitative estimate of drug-likeness (QED) is 0.623. The Morgan fingerprint density at radius 3 is 2.15 bits per heavy atom. The van der Waals surface area contributed by atoms with Gasteiger partial charge in [-0.2, -0.15) is 0 Å². The van der Waals surface area contributed by atoms with Crippen molar-refractivity contribution >= 4 is 36.6 Å². The van der Waals surface area contributed by atoms with Crippen molar-refractivity contribution in [1.29, 1.82) is 0 Å². The number of amides is 2. The van der Waals surface area contributed by atoms with E-state index in [1.54, 1.807) is 0 Å². The van der Waals surface area contributed by atoms with Crippen LogP contribution in [0, 0.1) is 5.92 Å². The summed E-state index contributed by atoms with van der Waals surface area (Å²) in [7, 11) is 0. The lowest BCUT2D eigenvalue weighted by atomic mass is 9.92. The lowest BCUT2D eigenvalue weighted by Gasteiger charge is -2.39. The van der Waals surface area contributed by atoms with Crippen molar-refractivity contribution in [3.05, 3.63) is 0 Å². The zero-order valence-corrected chi connectivity index (χ0v) is 17.7. The molecule has 0 unspecified atom stereocenters. The normalized spacial score (nSPS) is 20.6. The highest BCUT2D eigenvalue weighted by molar-refractivity contribution is 5.87. The molecule has 26 heavy (non-hydrogen) atoms. The summed E-state index contributed by atoms with van der Waals surface area (Å²) in [4.78, 5) is 26.4. The first kappa shape index (κ1) is 25.4. The molecule has 0 aromatic rings. The predicted molar refractivity (Wildman–Crippen MR) is 110 cm³/mol. The molecule has 0 radical (unpaired) electrons. The van der Waals surface area contributed by atoms with Gasteiger partial charge in [0.2, 0.25) is 11.8 Å². The Bertz CT molecular complexity index is 423. The smallest absolute Gasteiger partial charge is 0.239 e. The first-order chi connectivity index (χ1) is 11.5. The minimum absolute atomic E-state index is 0. The van der Waals surface area contributed by atoms with Crippen LogP contribution in [0.3, 0.4) is 0 Å². The van der Waals surface area contributed by atoms with Gasteiger partial charge < -0.3 is 21.3 Å². The summed E-state index contributed by atoms with van der Waals surface area (Å²) in [6.07, 6.45) is 8.77. The number of nitrogens with two attached hydrogens (primary N) is 1. The number of rotatable bonds is 6. The number of piperidine rings is 1. The van der Waals surface area contributed by atoms with Gasteiger partial charge in [-0.25, -0.2) is 0 Å². The molecule has 1 aliphatic heterocycles. The first-order valence-electron chi connectivity index (χ1n) is 9.54. The molecule has 6 nitrogen and oxygen atoms in total. The van der Waals surface area contributed by atoms with Gasteiger partial charge in [0.1, 0.15) is 0 Å². The van der Waals surface area contributed by atoms with Crippen molar-refractivity contribution in [3.8, 4) is 0 Å². The fraction of sp³-hybridized carbons (Fsp3) is 0.889. The molecule has 0 aromatic carbocycles. The maximum absolute atomic E-state index is 12.0. The molecular formula is C18H36Cl2N4O2. The number of hydrogen-bond acceptors (Lipinski definition) is 4. The number of hydrogen-bond donors (Lipinski definition) is 3. The van der Waals surface area contributed by atoms with E-state index in [1.165, 1.54) is 32.1 Å². The van der Waals surface area contributed by atoms with Gasteiger partial charge in [0.05, 0.1) is 12.6 Å². The zero-order valence-electron chi connectivity index (χ0n) is 16.0. The van der Waals surface area contributed by atoms with Crippen LogP contribution in [0.4, 0.5) is 0 Å². The van der Waals surface area contributed by atoms with Crippen LogP contribution in [0.5, 0.6) is 0 Å². The third-order valence-corrected chi connectivity index (χ3v) is 5.43. The Morgan fingerprint density at radius 2 is 1.62 bits per heavy atom. The Kier molecular flexibility index (Phi) is 12.5. The highest BCUT2D eigenvalue weighted by Gasteiger charge is 2.27. The standard InChI is InChI=1S/C18H34N4O2.2ClH/c1-13(2)17(19)18(24)20-12-16(23)21-14-8-10-22(11-9-14)15-6-4-3-5-7-15;;/h13-15,17H,3-12,19H2,1-2H3,(H,20,24)(H,21,23);2*1H/t17-;;/m0../s1. The van der Waals surface area contributed by atoms with Crippen molar-refractivity contribution in [2.75, 3.05) is 19.6 Å². The van der Waals surface area contributed by atoms with Crippen LogP contribution in [-0.2, 0) is 9.59 Å². The monoisotopic (exact) mass is 410 g/mol. The van der Waals surface area contributed by atoms with E-state index in [0.717, 1.165) is 32.0 Å². The molecular weight excluding hydrogens is 375 g/mol. The summed E-state index contributed by atoms with van der Waals surface area (Å²) in [5, 5.41) is 5.67. The third-order valence-electron chi connectivity index (χ3n) is 5.43. The molecule has 1 saturated carbocycles. The van der Waals surface area contributed by atoms with Gasteiger partial charge in [-0.3, -0.25) is 9.59 Å². The molecule has 0 spiro atoms. The van der Waals surface area contributed by atoms with Crippen LogP contribution in [0.1, 0.15) is 58.8 Å². The summed E-state index contributed by atoms with van der Waals surface area (Å²) in [5.41, 5.74) is 5.77. The molecule has 0 bridgehead atoms. The fourth-order valence-electron chi connectivity index (χ4n) is 3.72. The first-order valence-corrected chi connectivity index (χ1v) is 9.54. The summed E-state index contributed by atoms with van der Waals surface area (Å²) in [5.74, 6) is -0.306. The van der Waals surface area contributed by atoms with Gasteiger partial charge >= 0.3 is 0 Å². The highest BCUT2D eigenvalue weighted by Crippen LogP contribution is 2.25. The topological polar surface area (TPSA) is 87.5 Å². The molecule has 154 valence electrons. The van der Waals surface area contributed by atoms with Crippen LogP contribution in [-0.4, -0.2) is 54.5 Å². The Hall–Kier alpha value is -0.560. The lowest BCUT2D eigenvalue weighted by Crippen LogP contribution is -2.51. The SMILES string of the molecule is CC(C)[C@H](N)C(=O)NCC(=O)NC1CCN(C2CCCCC2)CC1.Cl.Cl. The largest absolute Gasteiger partial charge is 0.352 e. The lowest BCUT2D eigenvalue weighted by molar-refractivity contribution is -0.127. The van der Waals surface area contributed by atoms with Gasteiger partial charge in [0, 0.05) is 25.2 Å². The maximum Gasteiger partial charge on any atom is 0.239 e. The Labute approximate surface area is 170 Å². The van der Waals surface area contributed by atoms with Crippen molar-refractivity contribution in [3.63, 3.8) is 0 Å². The Balaban J connectivity index is 0.00000312. The predicted octanol–water partition coefficient (Wildman–Crippen LogP) is 1.84. The van der Waals surface area contributed by atoms with Gasteiger partial charge in [0.25, 0.3) is 0 Å². The van der Waals surface area contributed by atoms with Crippen molar-refractivity contribution < 1.29 is 9.59 Å². The van der Waals surface area contributed by atoms with Crippen LogP contribution in [0.25, 0.3) is 0 Å². The second kappa shape index (κ2) is 12.8.